The molecule has 2 N–H and O–H groups in total. The number of hydrogen-bond donors (Lipinski definition) is 2. The van der Waals surface area contributed by atoms with Gasteiger partial charge in [0.05, 0.1) is 5.56 Å². The number of rotatable bonds is 7. The summed E-state index contributed by atoms with van der Waals surface area (Å²) in [4.78, 5) is 37.4. The molecule has 0 unspecified atom stereocenters. The molecule has 2 aromatic carbocycles. The SMILES string of the molecule is Cc1ccc(C)c(C(=O)c2ccccc2C(=O)NCCCNC(=O)OC(C)(C)C)c1. The lowest BCUT2D eigenvalue weighted by Crippen LogP contribution is -2.34. The lowest BCUT2D eigenvalue weighted by Gasteiger charge is -2.19. The number of carbonyl (C=O) groups excluding carboxylic acids is 3. The highest BCUT2D eigenvalue weighted by Crippen LogP contribution is 2.19. The molecule has 0 radical (unpaired) electrons. The van der Waals surface area contributed by atoms with Gasteiger partial charge in [-0.25, -0.2) is 4.79 Å². The van der Waals surface area contributed by atoms with Crippen LogP contribution >= 0.6 is 0 Å². The van der Waals surface area contributed by atoms with Crippen molar-refractivity contribution >= 4 is 17.8 Å². The summed E-state index contributed by atoms with van der Waals surface area (Å²) in [5.41, 5.74) is 2.61. The first kappa shape index (κ1) is 23.1. The van der Waals surface area contributed by atoms with Crippen molar-refractivity contribution in [3.05, 3.63) is 70.3 Å². The molecule has 160 valence electrons. The van der Waals surface area contributed by atoms with Gasteiger partial charge in [-0.15, -0.1) is 0 Å². The van der Waals surface area contributed by atoms with Crippen LogP contribution < -0.4 is 10.6 Å². The first-order valence-corrected chi connectivity index (χ1v) is 10.0. The Bertz CT molecular complexity index is 929. The van der Waals surface area contributed by atoms with Crippen LogP contribution in [0.25, 0.3) is 0 Å². The summed E-state index contributed by atoms with van der Waals surface area (Å²) in [5.74, 6) is -0.491. The van der Waals surface area contributed by atoms with E-state index < -0.39 is 11.7 Å². The Morgan fingerprint density at radius 1 is 0.867 bits per heavy atom. The van der Waals surface area contributed by atoms with Crippen LogP contribution in [0.1, 0.15) is 64.6 Å². The van der Waals surface area contributed by atoms with Crippen molar-refractivity contribution in [2.45, 2.75) is 46.6 Å². The molecule has 0 spiro atoms. The highest BCUT2D eigenvalue weighted by atomic mass is 16.6. The second-order valence-corrected chi connectivity index (χ2v) is 8.23. The van der Waals surface area contributed by atoms with Crippen LogP contribution in [0.5, 0.6) is 0 Å². The first-order valence-electron chi connectivity index (χ1n) is 10.0. The molecule has 6 heteroatoms. The van der Waals surface area contributed by atoms with E-state index in [-0.39, 0.29) is 11.7 Å². The number of carbonyl (C=O) groups is 3. The summed E-state index contributed by atoms with van der Waals surface area (Å²) in [5, 5.41) is 5.46. The predicted molar refractivity (Wildman–Crippen MR) is 117 cm³/mol. The molecule has 0 bridgehead atoms. The Kier molecular flexibility index (Phi) is 7.75. The van der Waals surface area contributed by atoms with Crippen LogP contribution in [-0.4, -0.2) is 36.5 Å². The topological polar surface area (TPSA) is 84.5 Å². The van der Waals surface area contributed by atoms with Gasteiger partial charge in [0.2, 0.25) is 0 Å². The number of ketones is 1. The van der Waals surface area contributed by atoms with Gasteiger partial charge in [0.15, 0.2) is 5.78 Å². The van der Waals surface area contributed by atoms with Gasteiger partial charge in [-0.3, -0.25) is 9.59 Å². The van der Waals surface area contributed by atoms with E-state index in [1.807, 2.05) is 32.0 Å². The maximum absolute atomic E-state index is 13.1. The van der Waals surface area contributed by atoms with Crippen molar-refractivity contribution in [1.82, 2.24) is 10.6 Å². The summed E-state index contributed by atoms with van der Waals surface area (Å²) in [6.45, 7) is 9.93. The average molecular weight is 411 g/mol. The van der Waals surface area contributed by atoms with E-state index in [2.05, 4.69) is 10.6 Å². The molecule has 0 heterocycles. The number of aryl methyl sites for hydroxylation is 2. The molecule has 0 saturated carbocycles. The summed E-state index contributed by atoms with van der Waals surface area (Å²) in [6, 6.07) is 12.5. The number of nitrogens with one attached hydrogen (secondary N) is 2. The summed E-state index contributed by atoms with van der Waals surface area (Å²) in [7, 11) is 0. The molecule has 0 aliphatic heterocycles. The summed E-state index contributed by atoms with van der Waals surface area (Å²) < 4.78 is 5.16. The Hall–Kier alpha value is -3.15. The van der Waals surface area contributed by atoms with Crippen molar-refractivity contribution in [2.24, 2.45) is 0 Å². The van der Waals surface area contributed by atoms with E-state index in [0.29, 0.717) is 36.2 Å². The number of hydrogen-bond acceptors (Lipinski definition) is 4. The molecule has 6 nitrogen and oxygen atoms in total. The van der Waals surface area contributed by atoms with E-state index in [9.17, 15) is 14.4 Å². The van der Waals surface area contributed by atoms with Gasteiger partial charge < -0.3 is 15.4 Å². The third kappa shape index (κ3) is 6.72. The van der Waals surface area contributed by atoms with Gasteiger partial charge in [-0.2, -0.15) is 0 Å². The normalized spacial score (nSPS) is 11.0. The Morgan fingerprint density at radius 3 is 2.17 bits per heavy atom. The fourth-order valence-electron chi connectivity index (χ4n) is 2.89. The highest BCUT2D eigenvalue weighted by Gasteiger charge is 2.19. The average Bonchev–Trinajstić information content (AvgIpc) is 2.67. The Morgan fingerprint density at radius 2 is 1.50 bits per heavy atom. The van der Waals surface area contributed by atoms with Crippen molar-refractivity contribution in [3.8, 4) is 0 Å². The molecule has 0 aliphatic rings. The van der Waals surface area contributed by atoms with Crippen LogP contribution in [0.15, 0.2) is 42.5 Å². The molecule has 0 saturated heterocycles. The van der Waals surface area contributed by atoms with E-state index in [1.165, 1.54) is 0 Å². The van der Waals surface area contributed by atoms with Crippen molar-refractivity contribution < 1.29 is 19.1 Å². The molecule has 2 rings (SSSR count). The molecule has 0 fully saturated rings. The first-order chi connectivity index (χ1) is 14.1. The lowest BCUT2D eigenvalue weighted by atomic mass is 9.94. The van der Waals surface area contributed by atoms with E-state index in [1.54, 1.807) is 45.0 Å². The minimum atomic E-state index is -0.551. The third-order valence-corrected chi connectivity index (χ3v) is 4.36. The molecular formula is C24H30N2O4. The van der Waals surface area contributed by atoms with Crippen LogP contribution in [0, 0.1) is 13.8 Å². The van der Waals surface area contributed by atoms with Gasteiger partial charge in [0.25, 0.3) is 5.91 Å². The van der Waals surface area contributed by atoms with E-state index in [0.717, 1.165) is 11.1 Å². The molecule has 0 atom stereocenters. The maximum Gasteiger partial charge on any atom is 0.407 e. The molecule has 2 amide bonds. The highest BCUT2D eigenvalue weighted by molar-refractivity contribution is 6.15. The zero-order valence-electron chi connectivity index (χ0n) is 18.3. The number of amides is 2. The number of alkyl carbamates (subject to hydrolysis) is 1. The van der Waals surface area contributed by atoms with Gasteiger partial charge in [0, 0.05) is 24.2 Å². The maximum atomic E-state index is 13.1. The Labute approximate surface area is 178 Å². The number of ether oxygens (including phenoxy) is 1. The minimum Gasteiger partial charge on any atom is -0.444 e. The molecule has 2 aromatic rings. The fraction of sp³-hybridized carbons (Fsp3) is 0.375. The second-order valence-electron chi connectivity index (χ2n) is 8.23. The van der Waals surface area contributed by atoms with Crippen LogP contribution in [0.4, 0.5) is 4.79 Å². The van der Waals surface area contributed by atoms with Gasteiger partial charge in [0.1, 0.15) is 5.60 Å². The fourth-order valence-corrected chi connectivity index (χ4v) is 2.89. The van der Waals surface area contributed by atoms with Crippen molar-refractivity contribution in [3.63, 3.8) is 0 Å². The van der Waals surface area contributed by atoms with Crippen LogP contribution in [0.2, 0.25) is 0 Å². The zero-order valence-corrected chi connectivity index (χ0v) is 18.3. The van der Waals surface area contributed by atoms with Gasteiger partial charge in [-0.05, 0) is 58.7 Å². The van der Waals surface area contributed by atoms with Gasteiger partial charge in [-0.1, -0.05) is 35.9 Å². The van der Waals surface area contributed by atoms with Crippen molar-refractivity contribution in [2.75, 3.05) is 13.1 Å². The quantitative estimate of drug-likeness (QED) is 0.530. The van der Waals surface area contributed by atoms with Crippen LogP contribution in [0.3, 0.4) is 0 Å². The molecule has 0 aliphatic carbocycles. The van der Waals surface area contributed by atoms with Crippen LogP contribution in [-0.2, 0) is 4.74 Å². The monoisotopic (exact) mass is 410 g/mol. The largest absolute Gasteiger partial charge is 0.444 e. The smallest absolute Gasteiger partial charge is 0.407 e. The van der Waals surface area contributed by atoms with Crippen molar-refractivity contribution in [1.29, 1.82) is 0 Å². The van der Waals surface area contributed by atoms with E-state index in [4.69, 9.17) is 4.74 Å². The second kappa shape index (κ2) is 10.1. The molecule has 30 heavy (non-hydrogen) atoms. The minimum absolute atomic E-state index is 0.173. The zero-order chi connectivity index (χ0) is 22.3. The third-order valence-electron chi connectivity index (χ3n) is 4.36. The molecule has 0 aromatic heterocycles. The summed E-state index contributed by atoms with van der Waals surface area (Å²) in [6.07, 6.45) is 0.0521. The molecular weight excluding hydrogens is 380 g/mol. The van der Waals surface area contributed by atoms with E-state index >= 15 is 0 Å². The van der Waals surface area contributed by atoms with Gasteiger partial charge >= 0.3 is 6.09 Å². The summed E-state index contributed by atoms with van der Waals surface area (Å²) >= 11 is 0. The predicted octanol–water partition coefficient (Wildman–Crippen LogP) is 4.18. The standard InChI is InChI=1S/C24H30N2O4/c1-16-11-12-17(2)20(15-16)21(27)18-9-6-7-10-19(18)22(28)25-13-8-14-26-23(29)30-24(3,4)5/h6-7,9-12,15H,8,13-14H2,1-5H3,(H,25,28)(H,26,29). The number of benzene rings is 2. The lowest BCUT2D eigenvalue weighted by molar-refractivity contribution is 0.0527. The Balaban J connectivity index is 1.97.